The minimum absolute atomic E-state index is 0.0119. The van der Waals surface area contributed by atoms with Crippen LogP contribution in [0.2, 0.25) is 0 Å². The summed E-state index contributed by atoms with van der Waals surface area (Å²) in [5.74, 6) is -0.515. The summed E-state index contributed by atoms with van der Waals surface area (Å²) in [5, 5.41) is 9.71. The van der Waals surface area contributed by atoms with E-state index in [1.807, 2.05) is 13.8 Å². The van der Waals surface area contributed by atoms with E-state index in [1.54, 1.807) is 18.2 Å². The number of furan rings is 1. The molecule has 0 atom stereocenters. The van der Waals surface area contributed by atoms with E-state index in [1.165, 1.54) is 0 Å². The largest absolute Gasteiger partial charge is 0.478 e. The van der Waals surface area contributed by atoms with E-state index in [2.05, 4.69) is 0 Å². The zero-order chi connectivity index (χ0) is 11.9. The number of aromatic carboxylic acids is 1. The molecule has 0 bridgehead atoms. The van der Waals surface area contributed by atoms with Gasteiger partial charge >= 0.3 is 5.97 Å². The van der Waals surface area contributed by atoms with Gasteiger partial charge in [-0.15, -0.1) is 0 Å². The summed E-state index contributed by atoms with van der Waals surface area (Å²) >= 11 is 0. The van der Waals surface area contributed by atoms with Gasteiger partial charge in [-0.2, -0.15) is 0 Å². The van der Waals surface area contributed by atoms with Gasteiger partial charge in [0.1, 0.15) is 16.9 Å². The number of carboxylic acid groups (broad SMARTS) is 1. The van der Waals surface area contributed by atoms with Gasteiger partial charge in [0.25, 0.3) is 0 Å². The molecule has 0 fully saturated rings. The zero-order valence-corrected chi connectivity index (χ0v) is 9.15. The van der Waals surface area contributed by atoms with Crippen molar-refractivity contribution in [3.63, 3.8) is 0 Å². The van der Waals surface area contributed by atoms with Crippen LogP contribution in [-0.2, 0) is 0 Å². The molecule has 1 aromatic heterocycles. The van der Waals surface area contributed by atoms with Gasteiger partial charge in [0.15, 0.2) is 0 Å². The number of nitrogen functional groups attached to an aromatic ring is 1. The van der Waals surface area contributed by atoms with E-state index >= 15 is 0 Å². The molecule has 2 aromatic rings. The zero-order valence-electron chi connectivity index (χ0n) is 9.15. The first kappa shape index (κ1) is 10.5. The molecule has 0 amide bonds. The standard InChI is InChI=1S/C12H13NO3/c1-6(2)11-10(12(14)15)9-7(13)4-3-5-8(9)16-11/h3-6H,13H2,1-2H3,(H,14,15). The number of anilines is 1. The Morgan fingerprint density at radius 3 is 2.69 bits per heavy atom. The van der Waals surface area contributed by atoms with Crippen LogP contribution >= 0.6 is 0 Å². The second-order valence-corrected chi connectivity index (χ2v) is 4.02. The van der Waals surface area contributed by atoms with Gasteiger partial charge in [0.05, 0.1) is 5.39 Å². The lowest BCUT2D eigenvalue weighted by molar-refractivity contribution is 0.0695. The third-order valence-electron chi connectivity index (χ3n) is 2.51. The van der Waals surface area contributed by atoms with Crippen molar-refractivity contribution < 1.29 is 14.3 Å². The van der Waals surface area contributed by atoms with E-state index in [0.717, 1.165) is 0 Å². The maximum atomic E-state index is 11.2. The quantitative estimate of drug-likeness (QED) is 0.761. The smallest absolute Gasteiger partial charge is 0.340 e. The topological polar surface area (TPSA) is 76.5 Å². The van der Waals surface area contributed by atoms with Gasteiger partial charge in [-0.1, -0.05) is 19.9 Å². The Labute approximate surface area is 92.7 Å². The summed E-state index contributed by atoms with van der Waals surface area (Å²) in [6, 6.07) is 5.15. The summed E-state index contributed by atoms with van der Waals surface area (Å²) in [6.45, 7) is 3.78. The van der Waals surface area contributed by atoms with Crippen molar-refractivity contribution in [2.45, 2.75) is 19.8 Å². The van der Waals surface area contributed by atoms with Crippen LogP contribution in [0.5, 0.6) is 0 Å². The van der Waals surface area contributed by atoms with E-state index in [9.17, 15) is 9.90 Å². The van der Waals surface area contributed by atoms with Crippen LogP contribution in [0, 0.1) is 0 Å². The van der Waals surface area contributed by atoms with Crippen molar-refractivity contribution in [1.82, 2.24) is 0 Å². The van der Waals surface area contributed by atoms with Gasteiger partial charge in [0.2, 0.25) is 0 Å². The second-order valence-electron chi connectivity index (χ2n) is 4.02. The van der Waals surface area contributed by atoms with Gasteiger partial charge in [-0.25, -0.2) is 4.79 Å². The van der Waals surface area contributed by atoms with Crippen molar-refractivity contribution in [1.29, 1.82) is 0 Å². The van der Waals surface area contributed by atoms with Crippen molar-refractivity contribution in [2.75, 3.05) is 5.73 Å². The van der Waals surface area contributed by atoms with E-state index in [4.69, 9.17) is 10.2 Å². The van der Waals surface area contributed by atoms with Gasteiger partial charge < -0.3 is 15.3 Å². The summed E-state index contributed by atoms with van der Waals surface area (Å²) in [5.41, 5.74) is 6.93. The van der Waals surface area contributed by atoms with Crippen LogP contribution in [0.1, 0.15) is 35.9 Å². The first-order valence-corrected chi connectivity index (χ1v) is 5.06. The highest BCUT2D eigenvalue weighted by Crippen LogP contribution is 2.34. The average Bonchev–Trinajstić information content (AvgIpc) is 2.58. The molecule has 0 aliphatic heterocycles. The van der Waals surface area contributed by atoms with Crippen LogP contribution in [0.15, 0.2) is 22.6 Å². The second kappa shape index (κ2) is 3.56. The Hall–Kier alpha value is -1.97. The Bertz CT molecular complexity index is 555. The summed E-state index contributed by atoms with van der Waals surface area (Å²) in [6.07, 6.45) is 0. The van der Waals surface area contributed by atoms with Crippen molar-refractivity contribution >= 4 is 22.6 Å². The molecular formula is C12H13NO3. The molecule has 0 aliphatic carbocycles. The molecule has 4 heteroatoms. The number of carbonyl (C=O) groups is 1. The molecule has 16 heavy (non-hydrogen) atoms. The number of fused-ring (bicyclic) bond motifs is 1. The van der Waals surface area contributed by atoms with Crippen molar-refractivity contribution in [3.05, 3.63) is 29.5 Å². The third-order valence-corrected chi connectivity index (χ3v) is 2.51. The number of hydrogen-bond acceptors (Lipinski definition) is 3. The molecule has 1 aromatic carbocycles. The predicted molar refractivity (Wildman–Crippen MR) is 61.7 cm³/mol. The SMILES string of the molecule is CC(C)c1oc2cccc(N)c2c1C(=O)O. The van der Waals surface area contributed by atoms with Crippen LogP contribution in [0.25, 0.3) is 11.0 Å². The molecule has 84 valence electrons. The lowest BCUT2D eigenvalue weighted by atomic mass is 10.0. The first-order chi connectivity index (χ1) is 7.52. The van der Waals surface area contributed by atoms with Crippen LogP contribution < -0.4 is 5.73 Å². The average molecular weight is 219 g/mol. The summed E-state index contributed by atoms with van der Waals surface area (Å²) in [4.78, 5) is 11.2. The number of hydrogen-bond donors (Lipinski definition) is 2. The van der Waals surface area contributed by atoms with Gasteiger partial charge in [0, 0.05) is 11.6 Å². The first-order valence-electron chi connectivity index (χ1n) is 5.06. The van der Waals surface area contributed by atoms with E-state index in [-0.39, 0.29) is 11.5 Å². The Morgan fingerprint density at radius 1 is 1.44 bits per heavy atom. The molecule has 0 spiro atoms. The number of rotatable bonds is 2. The molecule has 2 rings (SSSR count). The molecular weight excluding hydrogens is 206 g/mol. The number of benzene rings is 1. The molecule has 4 nitrogen and oxygen atoms in total. The minimum atomic E-state index is -1.000. The van der Waals surface area contributed by atoms with Crippen molar-refractivity contribution in [2.24, 2.45) is 0 Å². The van der Waals surface area contributed by atoms with Crippen LogP contribution in [0.4, 0.5) is 5.69 Å². The van der Waals surface area contributed by atoms with Crippen LogP contribution in [-0.4, -0.2) is 11.1 Å². The summed E-state index contributed by atoms with van der Waals surface area (Å²) in [7, 11) is 0. The third kappa shape index (κ3) is 1.43. The Kier molecular flexibility index (Phi) is 2.34. The fourth-order valence-electron chi connectivity index (χ4n) is 1.81. The fourth-order valence-corrected chi connectivity index (χ4v) is 1.81. The molecule has 3 N–H and O–H groups in total. The fraction of sp³-hybridized carbons (Fsp3) is 0.250. The molecule has 1 heterocycles. The molecule has 0 saturated carbocycles. The van der Waals surface area contributed by atoms with E-state index < -0.39 is 5.97 Å². The van der Waals surface area contributed by atoms with Crippen LogP contribution in [0.3, 0.4) is 0 Å². The predicted octanol–water partition coefficient (Wildman–Crippen LogP) is 2.84. The summed E-state index contributed by atoms with van der Waals surface area (Å²) < 4.78 is 5.54. The van der Waals surface area contributed by atoms with Gasteiger partial charge in [-0.05, 0) is 12.1 Å². The minimum Gasteiger partial charge on any atom is -0.478 e. The Morgan fingerprint density at radius 2 is 2.12 bits per heavy atom. The highest BCUT2D eigenvalue weighted by atomic mass is 16.4. The highest BCUT2D eigenvalue weighted by Gasteiger charge is 2.23. The molecule has 0 aliphatic rings. The van der Waals surface area contributed by atoms with E-state index in [0.29, 0.717) is 22.4 Å². The maximum absolute atomic E-state index is 11.2. The molecule has 0 saturated heterocycles. The number of carboxylic acids is 1. The molecule has 0 unspecified atom stereocenters. The Balaban J connectivity index is 2.88. The monoisotopic (exact) mass is 219 g/mol. The maximum Gasteiger partial charge on any atom is 0.340 e. The van der Waals surface area contributed by atoms with Crippen molar-refractivity contribution in [3.8, 4) is 0 Å². The molecule has 0 radical (unpaired) electrons. The highest BCUT2D eigenvalue weighted by molar-refractivity contribution is 6.08. The normalized spacial score (nSPS) is 11.2. The lowest BCUT2D eigenvalue weighted by Crippen LogP contribution is -2.02. The van der Waals surface area contributed by atoms with Gasteiger partial charge in [-0.3, -0.25) is 0 Å². The lowest BCUT2D eigenvalue weighted by Gasteiger charge is -2.01. The number of nitrogens with two attached hydrogens (primary N) is 1.